The van der Waals surface area contributed by atoms with Crippen LogP contribution in [-0.2, 0) is 15.7 Å². The summed E-state index contributed by atoms with van der Waals surface area (Å²) in [6.07, 6.45) is -4.50. The van der Waals surface area contributed by atoms with Gasteiger partial charge in [-0.1, -0.05) is 5.92 Å². The molecule has 3 nitrogen and oxygen atoms in total. The first-order chi connectivity index (χ1) is 8.36. The van der Waals surface area contributed by atoms with Gasteiger partial charge in [-0.2, -0.15) is 13.2 Å². The maximum atomic E-state index is 12.6. The average Bonchev–Trinajstić information content (AvgIpc) is 2.34. The van der Waals surface area contributed by atoms with Gasteiger partial charge in [0.25, 0.3) is 0 Å². The van der Waals surface area contributed by atoms with Gasteiger partial charge < -0.3 is 9.47 Å². The van der Waals surface area contributed by atoms with E-state index in [1.807, 2.05) is 5.92 Å². The maximum Gasteiger partial charge on any atom is 0.416 e. The molecule has 0 amide bonds. The highest BCUT2D eigenvalue weighted by Crippen LogP contribution is 2.32. The summed E-state index contributed by atoms with van der Waals surface area (Å²) in [6.45, 7) is 0. The third kappa shape index (κ3) is 3.70. The molecule has 0 aliphatic carbocycles. The monoisotopic (exact) mass is 258 g/mol. The maximum absolute atomic E-state index is 12.6. The Morgan fingerprint density at radius 1 is 1.22 bits per heavy atom. The molecule has 18 heavy (non-hydrogen) atoms. The second kappa shape index (κ2) is 5.45. The first-order valence-electron chi connectivity index (χ1n) is 4.73. The molecule has 6 heteroatoms. The van der Waals surface area contributed by atoms with Crippen molar-refractivity contribution in [2.24, 2.45) is 0 Å². The average molecular weight is 258 g/mol. The van der Waals surface area contributed by atoms with Crippen LogP contribution in [0.15, 0.2) is 18.2 Å². The van der Waals surface area contributed by atoms with E-state index in [-0.39, 0.29) is 11.3 Å². The minimum Gasteiger partial charge on any atom is -0.497 e. The normalized spacial score (nSPS) is 10.3. The molecule has 0 aliphatic heterocycles. The quantitative estimate of drug-likeness (QED) is 0.572. The van der Waals surface area contributed by atoms with Crippen molar-refractivity contribution in [3.63, 3.8) is 0 Å². The van der Waals surface area contributed by atoms with Gasteiger partial charge in [0.15, 0.2) is 0 Å². The van der Waals surface area contributed by atoms with E-state index in [0.29, 0.717) is 0 Å². The Balaban J connectivity index is 3.19. The van der Waals surface area contributed by atoms with E-state index in [1.54, 1.807) is 0 Å². The molecular weight excluding hydrogens is 249 g/mol. The first-order valence-corrected chi connectivity index (χ1v) is 4.73. The second-order valence-corrected chi connectivity index (χ2v) is 3.19. The Labute approximate surface area is 102 Å². The van der Waals surface area contributed by atoms with E-state index in [9.17, 15) is 18.0 Å². The number of hydrogen-bond donors (Lipinski definition) is 0. The number of halogens is 3. The zero-order chi connectivity index (χ0) is 13.8. The fourth-order valence-electron chi connectivity index (χ4n) is 1.13. The molecular formula is C12H9F3O3. The zero-order valence-electron chi connectivity index (χ0n) is 9.59. The lowest BCUT2D eigenvalue weighted by molar-refractivity contribution is -0.137. The van der Waals surface area contributed by atoms with Crippen molar-refractivity contribution >= 4 is 5.97 Å². The Morgan fingerprint density at radius 2 is 1.89 bits per heavy atom. The SMILES string of the molecule is COC(=O)C#Cc1cc(OC)cc(C(F)(F)F)c1. The number of hydrogen-bond acceptors (Lipinski definition) is 3. The number of alkyl halides is 3. The number of ether oxygens (including phenoxy) is 2. The number of methoxy groups -OCH3 is 2. The highest BCUT2D eigenvalue weighted by Gasteiger charge is 2.31. The molecule has 0 spiro atoms. The van der Waals surface area contributed by atoms with E-state index < -0.39 is 17.7 Å². The molecule has 0 heterocycles. The number of carbonyl (C=O) groups excluding carboxylic acids is 1. The van der Waals surface area contributed by atoms with E-state index in [0.717, 1.165) is 19.2 Å². The third-order valence-corrected chi connectivity index (χ3v) is 1.96. The summed E-state index contributed by atoms with van der Waals surface area (Å²) in [5, 5.41) is 0. The van der Waals surface area contributed by atoms with Crippen LogP contribution in [0.4, 0.5) is 13.2 Å². The van der Waals surface area contributed by atoms with Crippen LogP contribution in [0.1, 0.15) is 11.1 Å². The van der Waals surface area contributed by atoms with E-state index in [1.165, 1.54) is 13.2 Å². The summed E-state index contributed by atoms with van der Waals surface area (Å²) in [7, 11) is 2.37. The van der Waals surface area contributed by atoms with Crippen LogP contribution in [0, 0.1) is 11.8 Å². The Bertz CT molecular complexity index is 510. The molecule has 0 aromatic heterocycles. The summed E-state index contributed by atoms with van der Waals surface area (Å²) in [5.41, 5.74) is -0.872. The Kier molecular flexibility index (Phi) is 4.21. The smallest absolute Gasteiger partial charge is 0.416 e. The first kappa shape index (κ1) is 13.9. The van der Waals surface area contributed by atoms with Crippen molar-refractivity contribution in [1.29, 1.82) is 0 Å². The van der Waals surface area contributed by atoms with Gasteiger partial charge in [-0.05, 0) is 18.2 Å². The van der Waals surface area contributed by atoms with Gasteiger partial charge in [-0.25, -0.2) is 4.79 Å². The van der Waals surface area contributed by atoms with Gasteiger partial charge in [-0.3, -0.25) is 0 Å². The zero-order valence-corrected chi connectivity index (χ0v) is 9.59. The Hall–Kier alpha value is -2.16. The molecule has 0 fully saturated rings. The number of carbonyl (C=O) groups is 1. The van der Waals surface area contributed by atoms with Crippen molar-refractivity contribution in [3.05, 3.63) is 29.3 Å². The van der Waals surface area contributed by atoms with Crippen molar-refractivity contribution in [3.8, 4) is 17.6 Å². The summed E-state index contributed by atoms with van der Waals surface area (Å²) >= 11 is 0. The standard InChI is InChI=1S/C12H9F3O3/c1-17-10-6-8(3-4-11(16)18-2)5-9(7-10)12(13,14)15/h5-7H,1-2H3. The Morgan fingerprint density at radius 3 is 2.39 bits per heavy atom. The van der Waals surface area contributed by atoms with Gasteiger partial charge >= 0.3 is 12.1 Å². The van der Waals surface area contributed by atoms with Gasteiger partial charge in [0, 0.05) is 11.5 Å². The van der Waals surface area contributed by atoms with Gasteiger partial charge in [-0.15, -0.1) is 0 Å². The number of esters is 1. The van der Waals surface area contributed by atoms with Crippen LogP contribution < -0.4 is 4.74 Å². The molecule has 0 aliphatic rings. The largest absolute Gasteiger partial charge is 0.497 e. The van der Waals surface area contributed by atoms with Crippen molar-refractivity contribution < 1.29 is 27.4 Å². The van der Waals surface area contributed by atoms with Crippen LogP contribution in [0.5, 0.6) is 5.75 Å². The molecule has 96 valence electrons. The molecule has 1 aromatic rings. The van der Waals surface area contributed by atoms with Gasteiger partial charge in [0.05, 0.1) is 19.8 Å². The van der Waals surface area contributed by atoms with E-state index >= 15 is 0 Å². The van der Waals surface area contributed by atoms with E-state index in [2.05, 4.69) is 10.7 Å². The fourth-order valence-corrected chi connectivity index (χ4v) is 1.13. The van der Waals surface area contributed by atoms with Crippen molar-refractivity contribution in [2.45, 2.75) is 6.18 Å². The molecule has 0 saturated heterocycles. The predicted molar refractivity (Wildman–Crippen MR) is 56.9 cm³/mol. The van der Waals surface area contributed by atoms with Crippen LogP contribution in [-0.4, -0.2) is 20.2 Å². The van der Waals surface area contributed by atoms with Crippen molar-refractivity contribution in [2.75, 3.05) is 14.2 Å². The predicted octanol–water partition coefficient (Wildman–Crippen LogP) is 2.24. The highest BCUT2D eigenvalue weighted by atomic mass is 19.4. The molecule has 0 N–H and O–H groups in total. The lowest BCUT2D eigenvalue weighted by Crippen LogP contribution is -2.05. The molecule has 0 bridgehead atoms. The minimum absolute atomic E-state index is 0.0130. The topological polar surface area (TPSA) is 35.5 Å². The molecule has 1 rings (SSSR count). The number of benzene rings is 1. The summed E-state index contributed by atoms with van der Waals surface area (Å²) in [4.78, 5) is 10.8. The highest BCUT2D eigenvalue weighted by molar-refractivity contribution is 5.89. The van der Waals surface area contributed by atoms with Crippen LogP contribution in [0.25, 0.3) is 0 Å². The second-order valence-electron chi connectivity index (χ2n) is 3.19. The minimum atomic E-state index is -4.50. The van der Waals surface area contributed by atoms with Crippen LogP contribution in [0.2, 0.25) is 0 Å². The van der Waals surface area contributed by atoms with Crippen molar-refractivity contribution in [1.82, 2.24) is 0 Å². The lowest BCUT2D eigenvalue weighted by atomic mass is 10.1. The summed E-state index contributed by atoms with van der Waals surface area (Å²) in [6, 6.07) is 2.98. The van der Waals surface area contributed by atoms with E-state index in [4.69, 9.17) is 4.74 Å². The summed E-state index contributed by atoms with van der Waals surface area (Å²) in [5.74, 6) is 3.51. The third-order valence-electron chi connectivity index (χ3n) is 1.96. The molecule has 0 atom stereocenters. The molecule has 0 radical (unpaired) electrons. The lowest BCUT2D eigenvalue weighted by Gasteiger charge is -2.09. The fraction of sp³-hybridized carbons (Fsp3) is 0.250. The molecule has 0 saturated carbocycles. The number of rotatable bonds is 1. The molecule has 0 unspecified atom stereocenters. The van der Waals surface area contributed by atoms with Gasteiger partial charge in [0.2, 0.25) is 0 Å². The molecule has 1 aromatic carbocycles. The summed E-state index contributed by atoms with van der Waals surface area (Å²) < 4.78 is 46.7. The van der Waals surface area contributed by atoms with Crippen LogP contribution >= 0.6 is 0 Å². The van der Waals surface area contributed by atoms with Crippen LogP contribution in [0.3, 0.4) is 0 Å². The van der Waals surface area contributed by atoms with Gasteiger partial charge in [0.1, 0.15) is 5.75 Å².